The Morgan fingerprint density at radius 2 is 1.79 bits per heavy atom. The van der Waals surface area contributed by atoms with Gasteiger partial charge in [0.25, 0.3) is 0 Å². The Labute approximate surface area is 200 Å². The van der Waals surface area contributed by atoms with Crippen LogP contribution >= 0.6 is 0 Å². The van der Waals surface area contributed by atoms with E-state index >= 15 is 0 Å². The SMILES string of the molecule is C=C(CC[C@@H](C)[C@H]1CC[C@H]2C3=C(C(=O)C[C@]12C)[C@@]1(C)CC[C@H](O)[C@](C)(O)C1CC3O)C(C)C. The van der Waals surface area contributed by atoms with E-state index in [0.717, 1.165) is 36.8 Å². The van der Waals surface area contributed by atoms with Crippen LogP contribution in [-0.2, 0) is 4.79 Å². The van der Waals surface area contributed by atoms with Gasteiger partial charge in [-0.15, -0.1) is 0 Å². The van der Waals surface area contributed by atoms with E-state index < -0.39 is 23.2 Å². The summed E-state index contributed by atoms with van der Waals surface area (Å²) in [6.45, 7) is 17.1. The zero-order valence-corrected chi connectivity index (χ0v) is 21.7. The molecule has 4 nitrogen and oxygen atoms in total. The van der Waals surface area contributed by atoms with Crippen molar-refractivity contribution in [2.75, 3.05) is 0 Å². The van der Waals surface area contributed by atoms with E-state index in [4.69, 9.17) is 0 Å². The summed E-state index contributed by atoms with van der Waals surface area (Å²) in [6, 6.07) is 0. The summed E-state index contributed by atoms with van der Waals surface area (Å²) in [7, 11) is 0. The van der Waals surface area contributed by atoms with Crippen LogP contribution in [0.4, 0.5) is 0 Å². The van der Waals surface area contributed by atoms with Crippen molar-refractivity contribution >= 4 is 5.78 Å². The number of fused-ring (bicyclic) bond motifs is 4. The average molecular weight is 459 g/mol. The van der Waals surface area contributed by atoms with E-state index in [1.165, 1.54) is 5.57 Å². The van der Waals surface area contributed by atoms with Crippen LogP contribution in [0.3, 0.4) is 0 Å². The fourth-order valence-electron chi connectivity index (χ4n) is 8.61. The number of carbonyl (C=O) groups is 1. The molecule has 4 rings (SSSR count). The first-order valence-electron chi connectivity index (χ1n) is 13.3. The molecule has 0 radical (unpaired) electrons. The van der Waals surface area contributed by atoms with Crippen molar-refractivity contribution in [2.45, 2.75) is 111 Å². The summed E-state index contributed by atoms with van der Waals surface area (Å²) >= 11 is 0. The van der Waals surface area contributed by atoms with Crippen LogP contribution < -0.4 is 0 Å². The van der Waals surface area contributed by atoms with E-state index in [-0.39, 0.29) is 23.0 Å². The summed E-state index contributed by atoms with van der Waals surface area (Å²) in [5.74, 6) is 1.58. The molecule has 4 heteroatoms. The van der Waals surface area contributed by atoms with Crippen molar-refractivity contribution in [1.82, 2.24) is 0 Å². The van der Waals surface area contributed by atoms with Crippen LogP contribution in [0.1, 0.15) is 92.9 Å². The number of aliphatic hydroxyl groups excluding tert-OH is 2. The van der Waals surface area contributed by atoms with Crippen LogP contribution in [0, 0.1) is 40.4 Å². The first-order chi connectivity index (χ1) is 15.2. The van der Waals surface area contributed by atoms with Crippen LogP contribution in [0.2, 0.25) is 0 Å². The molecule has 186 valence electrons. The lowest BCUT2D eigenvalue weighted by Gasteiger charge is -2.59. The largest absolute Gasteiger partial charge is 0.390 e. The number of carbonyl (C=O) groups excluding carboxylic acids is 1. The lowest BCUT2D eigenvalue weighted by Crippen LogP contribution is -2.61. The first-order valence-corrected chi connectivity index (χ1v) is 13.3. The van der Waals surface area contributed by atoms with Crippen LogP contribution in [0.15, 0.2) is 23.3 Å². The van der Waals surface area contributed by atoms with Crippen LogP contribution in [-0.4, -0.2) is 38.9 Å². The Balaban J connectivity index is 1.67. The topological polar surface area (TPSA) is 77.8 Å². The molecule has 0 aromatic carbocycles. The first kappa shape index (κ1) is 25.1. The van der Waals surface area contributed by atoms with E-state index in [9.17, 15) is 20.1 Å². The highest BCUT2D eigenvalue weighted by molar-refractivity contribution is 5.99. The maximum Gasteiger partial charge on any atom is 0.160 e. The molecule has 0 amide bonds. The molecule has 3 N–H and O–H groups in total. The standard InChI is InChI=1S/C29H46O4/c1-16(2)17(3)8-9-18(4)19-10-11-20-25-21(30)14-23-27(5,13-12-24(32)29(23,7)33)26(25)22(31)15-28(19,20)6/h16,18-21,23-24,30,32-33H,3,8-15H2,1-2,4-7H3/t18-,19-,20+,21?,23?,24+,27+,28-,29-/m1/s1. The van der Waals surface area contributed by atoms with Gasteiger partial charge in [-0.25, -0.2) is 0 Å². The number of hydrogen-bond acceptors (Lipinski definition) is 4. The van der Waals surface area contributed by atoms with Crippen molar-refractivity contribution in [3.05, 3.63) is 23.3 Å². The Morgan fingerprint density at radius 3 is 2.42 bits per heavy atom. The predicted molar refractivity (Wildman–Crippen MR) is 131 cm³/mol. The zero-order chi connectivity index (χ0) is 24.5. The molecule has 33 heavy (non-hydrogen) atoms. The predicted octanol–water partition coefficient (Wildman–Crippen LogP) is 5.21. The molecule has 0 aromatic heterocycles. The van der Waals surface area contributed by atoms with Crippen LogP contribution in [0.25, 0.3) is 0 Å². The minimum Gasteiger partial charge on any atom is -0.390 e. The number of hydrogen-bond donors (Lipinski definition) is 3. The highest BCUT2D eigenvalue weighted by atomic mass is 16.3. The fourth-order valence-corrected chi connectivity index (χ4v) is 8.61. The van der Waals surface area contributed by atoms with E-state index in [1.807, 2.05) is 0 Å². The third kappa shape index (κ3) is 3.70. The van der Waals surface area contributed by atoms with Crippen molar-refractivity contribution in [3.63, 3.8) is 0 Å². The summed E-state index contributed by atoms with van der Waals surface area (Å²) in [5, 5.41) is 33.1. The monoisotopic (exact) mass is 458 g/mol. The fraction of sp³-hybridized carbons (Fsp3) is 0.828. The summed E-state index contributed by atoms with van der Waals surface area (Å²) in [6.07, 6.45) is 4.89. The minimum atomic E-state index is -1.29. The Bertz CT molecular complexity index is 854. The molecule has 0 spiro atoms. The van der Waals surface area contributed by atoms with Gasteiger partial charge in [0.15, 0.2) is 5.78 Å². The van der Waals surface area contributed by atoms with Gasteiger partial charge < -0.3 is 15.3 Å². The second-order valence-electron chi connectivity index (χ2n) is 13.0. The highest BCUT2D eigenvalue weighted by Crippen LogP contribution is 2.66. The van der Waals surface area contributed by atoms with Crippen molar-refractivity contribution in [3.8, 4) is 0 Å². The van der Waals surface area contributed by atoms with Gasteiger partial charge in [-0.05, 0) is 86.5 Å². The molecule has 2 unspecified atom stereocenters. The van der Waals surface area contributed by atoms with Gasteiger partial charge in [-0.3, -0.25) is 4.79 Å². The van der Waals surface area contributed by atoms with E-state index in [1.54, 1.807) is 6.92 Å². The number of allylic oxidation sites excluding steroid dienone is 2. The Morgan fingerprint density at radius 1 is 1.12 bits per heavy atom. The molecule has 0 aromatic rings. The molecule has 4 aliphatic rings. The van der Waals surface area contributed by atoms with E-state index in [0.29, 0.717) is 43.4 Å². The van der Waals surface area contributed by atoms with Gasteiger partial charge in [0.2, 0.25) is 0 Å². The van der Waals surface area contributed by atoms with Gasteiger partial charge in [0, 0.05) is 23.3 Å². The summed E-state index contributed by atoms with van der Waals surface area (Å²) in [4.78, 5) is 13.9. The number of rotatable bonds is 5. The normalized spacial score (nSPS) is 46.1. The molecular weight excluding hydrogens is 412 g/mol. The molecule has 0 heterocycles. The molecule has 9 atom stereocenters. The number of aliphatic hydroxyl groups is 3. The van der Waals surface area contributed by atoms with Crippen molar-refractivity contribution in [2.24, 2.45) is 40.4 Å². The quantitative estimate of drug-likeness (QED) is 0.494. The zero-order valence-electron chi connectivity index (χ0n) is 21.7. The molecule has 2 fully saturated rings. The number of ketones is 1. The second-order valence-corrected chi connectivity index (χ2v) is 13.0. The Hall–Kier alpha value is -0.970. The molecule has 0 aliphatic heterocycles. The van der Waals surface area contributed by atoms with Gasteiger partial charge in [0.1, 0.15) is 0 Å². The van der Waals surface area contributed by atoms with Gasteiger partial charge in [-0.2, -0.15) is 0 Å². The summed E-state index contributed by atoms with van der Waals surface area (Å²) in [5.41, 5.74) is 1.21. The second kappa shape index (κ2) is 8.31. The maximum absolute atomic E-state index is 13.9. The molecule has 0 bridgehead atoms. The maximum atomic E-state index is 13.9. The number of Topliss-reactive ketones (excluding diaryl/α,β-unsaturated/α-hetero) is 1. The molecule has 4 aliphatic carbocycles. The van der Waals surface area contributed by atoms with Gasteiger partial charge in [-0.1, -0.05) is 46.8 Å². The third-order valence-electron chi connectivity index (χ3n) is 10.8. The van der Waals surface area contributed by atoms with Crippen molar-refractivity contribution in [1.29, 1.82) is 0 Å². The van der Waals surface area contributed by atoms with E-state index in [2.05, 4.69) is 41.2 Å². The molecule has 2 saturated carbocycles. The summed E-state index contributed by atoms with van der Waals surface area (Å²) < 4.78 is 0. The van der Waals surface area contributed by atoms with Gasteiger partial charge >= 0.3 is 0 Å². The molecular formula is C29H46O4. The van der Waals surface area contributed by atoms with Crippen molar-refractivity contribution < 1.29 is 20.1 Å². The van der Waals surface area contributed by atoms with Crippen LogP contribution in [0.5, 0.6) is 0 Å². The highest BCUT2D eigenvalue weighted by Gasteiger charge is 2.63. The Kier molecular flexibility index (Phi) is 6.33. The van der Waals surface area contributed by atoms with Gasteiger partial charge in [0.05, 0.1) is 17.8 Å². The lowest BCUT2D eigenvalue weighted by molar-refractivity contribution is -0.174. The third-order valence-corrected chi connectivity index (χ3v) is 10.8. The average Bonchev–Trinajstić information content (AvgIpc) is 3.07. The minimum absolute atomic E-state index is 0.116. The lowest BCUT2D eigenvalue weighted by atomic mass is 9.47. The molecule has 0 saturated heterocycles. The smallest absolute Gasteiger partial charge is 0.160 e.